The quantitative estimate of drug-likeness (QED) is 0.231. The minimum atomic E-state index is -0.0749. The van der Waals surface area contributed by atoms with Gasteiger partial charge in [-0.05, 0) is 26.7 Å². The number of carbonyl (C=O) groups excluding carboxylic acids is 1. The molecule has 0 aromatic heterocycles. The number of hydrogen-bond acceptors (Lipinski definition) is 2. The van der Waals surface area contributed by atoms with Gasteiger partial charge in [-0.25, -0.2) is 0 Å². The molecule has 0 radical (unpaired) electrons. The van der Waals surface area contributed by atoms with Crippen LogP contribution in [0.25, 0.3) is 0 Å². The molecular formula is C17H33BrO2. The number of alkyl halides is 1. The van der Waals surface area contributed by atoms with Crippen LogP contribution in [0.5, 0.6) is 0 Å². The maximum absolute atomic E-state index is 11.3. The van der Waals surface area contributed by atoms with Crippen molar-refractivity contribution in [1.29, 1.82) is 0 Å². The summed E-state index contributed by atoms with van der Waals surface area (Å²) >= 11 is 3.76. The fourth-order valence-corrected chi connectivity index (χ4v) is 2.83. The molecule has 0 N–H and O–H groups in total. The molecule has 20 heavy (non-hydrogen) atoms. The molecule has 0 fully saturated rings. The van der Waals surface area contributed by atoms with E-state index in [2.05, 4.69) is 29.8 Å². The van der Waals surface area contributed by atoms with E-state index in [0.717, 1.165) is 12.8 Å². The maximum Gasteiger partial charge on any atom is 0.305 e. The Bertz CT molecular complexity index is 239. The molecule has 0 saturated heterocycles. The first-order valence-electron chi connectivity index (χ1n) is 8.36. The summed E-state index contributed by atoms with van der Waals surface area (Å²) in [5.41, 5.74) is 0. The van der Waals surface area contributed by atoms with Crippen LogP contribution in [0.4, 0.5) is 0 Å². The lowest BCUT2D eigenvalue weighted by atomic mass is 9.97. The van der Waals surface area contributed by atoms with Gasteiger partial charge in [0, 0.05) is 10.7 Å². The molecular weight excluding hydrogens is 316 g/mol. The van der Waals surface area contributed by atoms with Gasteiger partial charge in [-0.15, -0.1) is 0 Å². The van der Waals surface area contributed by atoms with Crippen LogP contribution < -0.4 is 0 Å². The van der Waals surface area contributed by atoms with Crippen LogP contribution in [-0.2, 0) is 9.53 Å². The second-order valence-electron chi connectivity index (χ2n) is 5.94. The minimum absolute atomic E-state index is 0.0749. The van der Waals surface area contributed by atoms with Gasteiger partial charge in [0.05, 0.1) is 6.61 Å². The van der Waals surface area contributed by atoms with Gasteiger partial charge in [0.1, 0.15) is 0 Å². The monoisotopic (exact) mass is 348 g/mol. The van der Waals surface area contributed by atoms with E-state index in [1.165, 1.54) is 51.4 Å². The number of hydrogen-bond donors (Lipinski definition) is 0. The first kappa shape index (κ1) is 19.9. The third-order valence-electron chi connectivity index (χ3n) is 3.71. The van der Waals surface area contributed by atoms with Gasteiger partial charge >= 0.3 is 5.97 Å². The summed E-state index contributed by atoms with van der Waals surface area (Å²) in [6.07, 6.45) is 13.3. The summed E-state index contributed by atoms with van der Waals surface area (Å²) in [5.74, 6) is -0.0749. The van der Waals surface area contributed by atoms with E-state index < -0.39 is 0 Å². The summed E-state index contributed by atoms with van der Waals surface area (Å²) in [4.78, 5) is 11.3. The lowest BCUT2D eigenvalue weighted by Gasteiger charge is -2.21. The van der Waals surface area contributed by atoms with Gasteiger partial charge in [0.15, 0.2) is 0 Å². The molecule has 0 saturated carbocycles. The molecule has 0 spiro atoms. The highest BCUT2D eigenvalue weighted by atomic mass is 79.9. The fourth-order valence-electron chi connectivity index (χ4n) is 2.35. The Balaban J connectivity index is 3.49. The third-order valence-corrected chi connectivity index (χ3v) is 4.50. The lowest BCUT2D eigenvalue weighted by Crippen LogP contribution is -2.18. The van der Waals surface area contributed by atoms with Crippen molar-refractivity contribution in [3.05, 3.63) is 0 Å². The van der Waals surface area contributed by atoms with E-state index in [1.807, 2.05) is 6.92 Å². The summed E-state index contributed by atoms with van der Waals surface area (Å²) in [6.45, 7) is 6.78. The minimum Gasteiger partial charge on any atom is -0.466 e. The van der Waals surface area contributed by atoms with Crippen LogP contribution in [0.15, 0.2) is 0 Å². The molecule has 120 valence electrons. The molecule has 0 aliphatic rings. The Morgan fingerprint density at radius 1 is 0.950 bits per heavy atom. The standard InChI is InChI=1S/C17H33BrO2/c1-4-6-7-8-9-10-11-12-14-17(3,18)15-13-16(19)20-5-2/h4-15H2,1-3H3. The molecule has 0 aliphatic carbocycles. The Morgan fingerprint density at radius 2 is 1.50 bits per heavy atom. The number of unbranched alkanes of at least 4 members (excludes halogenated alkanes) is 7. The lowest BCUT2D eigenvalue weighted by molar-refractivity contribution is -0.143. The molecule has 1 atom stereocenters. The van der Waals surface area contributed by atoms with Crippen LogP contribution in [0.2, 0.25) is 0 Å². The maximum atomic E-state index is 11.3. The van der Waals surface area contributed by atoms with Crippen molar-refractivity contribution in [2.75, 3.05) is 6.61 Å². The number of carbonyl (C=O) groups is 1. The largest absolute Gasteiger partial charge is 0.466 e. The number of ether oxygens (including phenoxy) is 1. The third kappa shape index (κ3) is 13.0. The van der Waals surface area contributed by atoms with Crippen molar-refractivity contribution in [2.24, 2.45) is 0 Å². The van der Waals surface area contributed by atoms with E-state index in [4.69, 9.17) is 4.74 Å². The van der Waals surface area contributed by atoms with Gasteiger partial charge in [0.2, 0.25) is 0 Å². The highest BCUT2D eigenvalue weighted by Gasteiger charge is 2.21. The number of esters is 1. The van der Waals surface area contributed by atoms with E-state index in [1.54, 1.807) is 0 Å². The van der Waals surface area contributed by atoms with Crippen molar-refractivity contribution < 1.29 is 9.53 Å². The predicted octanol–water partition coefficient (Wildman–Crippen LogP) is 6.01. The van der Waals surface area contributed by atoms with Crippen molar-refractivity contribution in [3.63, 3.8) is 0 Å². The highest BCUT2D eigenvalue weighted by Crippen LogP contribution is 2.30. The Hall–Kier alpha value is -0.0500. The molecule has 1 unspecified atom stereocenters. The van der Waals surface area contributed by atoms with E-state index in [0.29, 0.717) is 13.0 Å². The Labute approximate surface area is 134 Å². The van der Waals surface area contributed by atoms with E-state index in [9.17, 15) is 4.79 Å². The molecule has 3 heteroatoms. The van der Waals surface area contributed by atoms with Crippen LogP contribution >= 0.6 is 15.9 Å². The molecule has 0 aromatic rings. The Morgan fingerprint density at radius 3 is 2.05 bits per heavy atom. The summed E-state index contributed by atoms with van der Waals surface area (Å²) in [6, 6.07) is 0. The zero-order valence-corrected chi connectivity index (χ0v) is 15.3. The Kier molecular flexibility index (Phi) is 12.6. The van der Waals surface area contributed by atoms with Gasteiger partial charge in [-0.3, -0.25) is 4.79 Å². The van der Waals surface area contributed by atoms with E-state index in [-0.39, 0.29) is 10.3 Å². The average molecular weight is 349 g/mol. The molecule has 0 bridgehead atoms. The SMILES string of the molecule is CCCCCCCCCCC(C)(Br)CCC(=O)OCC. The highest BCUT2D eigenvalue weighted by molar-refractivity contribution is 9.10. The smallest absolute Gasteiger partial charge is 0.305 e. The molecule has 0 aromatic carbocycles. The molecule has 0 rings (SSSR count). The van der Waals surface area contributed by atoms with Gasteiger partial charge in [-0.2, -0.15) is 0 Å². The van der Waals surface area contributed by atoms with Gasteiger partial charge in [0.25, 0.3) is 0 Å². The molecule has 0 amide bonds. The predicted molar refractivity (Wildman–Crippen MR) is 90.4 cm³/mol. The van der Waals surface area contributed by atoms with Gasteiger partial charge in [-0.1, -0.05) is 74.2 Å². The van der Waals surface area contributed by atoms with Crippen molar-refractivity contribution in [3.8, 4) is 0 Å². The van der Waals surface area contributed by atoms with Crippen molar-refractivity contribution in [1.82, 2.24) is 0 Å². The fraction of sp³-hybridized carbons (Fsp3) is 0.941. The van der Waals surface area contributed by atoms with Crippen LogP contribution in [0.1, 0.15) is 91.4 Å². The van der Waals surface area contributed by atoms with Crippen LogP contribution in [-0.4, -0.2) is 16.9 Å². The van der Waals surface area contributed by atoms with E-state index >= 15 is 0 Å². The van der Waals surface area contributed by atoms with Crippen molar-refractivity contribution in [2.45, 2.75) is 95.7 Å². The second kappa shape index (κ2) is 12.7. The topological polar surface area (TPSA) is 26.3 Å². The first-order chi connectivity index (χ1) is 9.52. The molecule has 2 nitrogen and oxygen atoms in total. The van der Waals surface area contributed by atoms with Gasteiger partial charge < -0.3 is 4.74 Å². The van der Waals surface area contributed by atoms with Crippen LogP contribution in [0, 0.1) is 0 Å². The average Bonchev–Trinajstić information content (AvgIpc) is 2.40. The van der Waals surface area contributed by atoms with Crippen LogP contribution in [0.3, 0.4) is 0 Å². The summed E-state index contributed by atoms with van der Waals surface area (Å²) in [7, 11) is 0. The summed E-state index contributed by atoms with van der Waals surface area (Å²) < 4.78 is 5.05. The second-order valence-corrected chi connectivity index (χ2v) is 7.86. The van der Waals surface area contributed by atoms with Crippen molar-refractivity contribution >= 4 is 21.9 Å². The molecule has 0 heterocycles. The zero-order chi connectivity index (χ0) is 15.3. The molecule has 0 aliphatic heterocycles. The summed E-state index contributed by atoms with van der Waals surface area (Å²) in [5, 5.41) is 0. The number of halogens is 1. The normalized spacial score (nSPS) is 14.0. The number of rotatable bonds is 13. The zero-order valence-electron chi connectivity index (χ0n) is 13.7. The first-order valence-corrected chi connectivity index (χ1v) is 9.15.